The summed E-state index contributed by atoms with van der Waals surface area (Å²) in [5.41, 5.74) is 0.906. The molecule has 1 N–H and O–H groups in total. The highest BCUT2D eigenvalue weighted by Gasteiger charge is 2.18. The highest BCUT2D eigenvalue weighted by atomic mass is 32.2. The van der Waals surface area contributed by atoms with E-state index in [2.05, 4.69) is 4.74 Å². The van der Waals surface area contributed by atoms with Gasteiger partial charge in [0.25, 0.3) is 10.0 Å². The van der Waals surface area contributed by atoms with Gasteiger partial charge in [-0.15, -0.1) is 0 Å². The zero-order chi connectivity index (χ0) is 14.5. The van der Waals surface area contributed by atoms with Gasteiger partial charge in [-0.05, 0) is 26.0 Å². The lowest BCUT2D eigenvalue weighted by Gasteiger charge is -2.07. The molecule has 0 aliphatic heterocycles. The number of aryl methyl sites for hydroxylation is 1. The van der Waals surface area contributed by atoms with Gasteiger partial charge in [0.05, 0.1) is 4.90 Å². The van der Waals surface area contributed by atoms with E-state index >= 15 is 0 Å². The van der Waals surface area contributed by atoms with Crippen molar-refractivity contribution in [1.82, 2.24) is 4.72 Å². The second kappa shape index (κ2) is 6.33. The van der Waals surface area contributed by atoms with Gasteiger partial charge in [0, 0.05) is 6.42 Å². The predicted molar refractivity (Wildman–Crippen MR) is 68.1 cm³/mol. The van der Waals surface area contributed by atoms with Crippen molar-refractivity contribution < 1.29 is 22.7 Å². The molecular formula is C12H15NO5S. The first kappa shape index (κ1) is 15.2. The van der Waals surface area contributed by atoms with Gasteiger partial charge >= 0.3 is 6.09 Å². The molecule has 0 aromatic heterocycles. The Morgan fingerprint density at radius 1 is 1.21 bits per heavy atom. The van der Waals surface area contributed by atoms with Crippen LogP contribution >= 0.6 is 0 Å². The third-order valence-electron chi connectivity index (χ3n) is 2.24. The summed E-state index contributed by atoms with van der Waals surface area (Å²) < 4.78 is 29.9. The average molecular weight is 285 g/mol. The smallest absolute Gasteiger partial charge is 0.421 e. The lowest BCUT2D eigenvalue weighted by atomic mass is 10.2. The quantitative estimate of drug-likeness (QED) is 0.883. The van der Waals surface area contributed by atoms with Crippen LogP contribution in [-0.2, 0) is 19.6 Å². The third kappa shape index (κ3) is 5.09. The molecule has 0 saturated carbocycles. The van der Waals surface area contributed by atoms with E-state index in [1.54, 1.807) is 16.9 Å². The summed E-state index contributed by atoms with van der Waals surface area (Å²) in [5, 5.41) is 0. The van der Waals surface area contributed by atoms with Gasteiger partial charge in [-0.2, -0.15) is 0 Å². The summed E-state index contributed by atoms with van der Waals surface area (Å²) in [5.74, 6) is -0.144. The number of ether oxygens (including phenoxy) is 1. The van der Waals surface area contributed by atoms with Crippen LogP contribution in [0.1, 0.15) is 18.9 Å². The van der Waals surface area contributed by atoms with Crippen LogP contribution in [0.3, 0.4) is 0 Å². The molecule has 0 atom stereocenters. The van der Waals surface area contributed by atoms with E-state index in [9.17, 15) is 18.0 Å². The van der Waals surface area contributed by atoms with E-state index in [0.29, 0.717) is 0 Å². The molecule has 104 valence electrons. The first-order valence-electron chi connectivity index (χ1n) is 5.57. The number of carbonyl (C=O) groups is 2. The number of ketones is 1. The molecule has 1 aromatic carbocycles. The topological polar surface area (TPSA) is 89.5 Å². The molecule has 6 nitrogen and oxygen atoms in total. The monoisotopic (exact) mass is 285 g/mol. The molecule has 1 rings (SSSR count). The van der Waals surface area contributed by atoms with Gasteiger partial charge in [-0.1, -0.05) is 17.7 Å². The van der Waals surface area contributed by atoms with Gasteiger partial charge in [-0.3, -0.25) is 4.79 Å². The van der Waals surface area contributed by atoms with Gasteiger partial charge in [-0.25, -0.2) is 17.9 Å². The minimum Gasteiger partial charge on any atom is -0.448 e. The minimum atomic E-state index is -3.94. The van der Waals surface area contributed by atoms with Gasteiger partial charge in [0.1, 0.15) is 12.4 Å². The Morgan fingerprint density at radius 2 is 1.79 bits per heavy atom. The standard InChI is InChI=1S/C12H15NO5S/c1-9-3-5-11(6-4-9)19(16,17)13-12(15)18-8-7-10(2)14/h3-6H,7-8H2,1-2H3,(H,13,15). The first-order chi connectivity index (χ1) is 8.81. The van der Waals surface area contributed by atoms with Crippen LogP contribution in [-0.4, -0.2) is 26.9 Å². The molecule has 19 heavy (non-hydrogen) atoms. The number of sulfonamides is 1. The molecule has 0 unspecified atom stereocenters. The summed E-state index contributed by atoms with van der Waals surface area (Å²) in [4.78, 5) is 21.9. The van der Waals surface area contributed by atoms with Crippen LogP contribution in [0.15, 0.2) is 29.2 Å². The Morgan fingerprint density at radius 3 is 2.32 bits per heavy atom. The van der Waals surface area contributed by atoms with Crippen molar-refractivity contribution >= 4 is 21.9 Å². The maximum Gasteiger partial charge on any atom is 0.421 e. The van der Waals surface area contributed by atoms with Crippen molar-refractivity contribution in [1.29, 1.82) is 0 Å². The zero-order valence-corrected chi connectivity index (χ0v) is 11.5. The number of hydrogen-bond donors (Lipinski definition) is 1. The van der Waals surface area contributed by atoms with Crippen molar-refractivity contribution in [3.8, 4) is 0 Å². The van der Waals surface area contributed by atoms with Gasteiger partial charge in [0.15, 0.2) is 0 Å². The largest absolute Gasteiger partial charge is 0.448 e. The molecule has 0 spiro atoms. The molecule has 1 aromatic rings. The summed E-state index contributed by atoms with van der Waals surface area (Å²) >= 11 is 0. The van der Waals surface area contributed by atoms with Crippen LogP contribution in [0.4, 0.5) is 4.79 Å². The molecular weight excluding hydrogens is 270 g/mol. The lowest BCUT2D eigenvalue weighted by molar-refractivity contribution is -0.117. The lowest BCUT2D eigenvalue weighted by Crippen LogP contribution is -2.31. The predicted octanol–water partition coefficient (Wildman–Crippen LogP) is 1.39. The molecule has 0 fully saturated rings. The fraction of sp³-hybridized carbons (Fsp3) is 0.333. The summed E-state index contributed by atoms with van der Waals surface area (Å²) in [7, 11) is -3.94. The summed E-state index contributed by atoms with van der Waals surface area (Å²) in [6.45, 7) is 3.02. The van der Waals surface area contributed by atoms with Crippen LogP contribution in [0.5, 0.6) is 0 Å². The molecule has 7 heteroatoms. The van der Waals surface area contributed by atoms with E-state index in [-0.39, 0.29) is 23.7 Å². The highest BCUT2D eigenvalue weighted by Crippen LogP contribution is 2.09. The number of amides is 1. The summed E-state index contributed by atoms with van der Waals surface area (Å²) in [6, 6.07) is 6.02. The molecule has 1 amide bonds. The Kier molecular flexibility index (Phi) is 5.05. The number of hydrogen-bond acceptors (Lipinski definition) is 5. The maximum atomic E-state index is 11.8. The van der Waals surface area contributed by atoms with Crippen LogP contribution in [0.25, 0.3) is 0 Å². The Labute approximate surface area is 111 Å². The SMILES string of the molecule is CC(=O)CCOC(=O)NS(=O)(=O)c1ccc(C)cc1. The second-order valence-electron chi connectivity index (χ2n) is 4.01. The van der Waals surface area contributed by atoms with Crippen LogP contribution < -0.4 is 4.72 Å². The van der Waals surface area contributed by atoms with Gasteiger partial charge < -0.3 is 4.74 Å². The van der Waals surface area contributed by atoms with E-state index in [1.165, 1.54) is 19.1 Å². The highest BCUT2D eigenvalue weighted by molar-refractivity contribution is 7.90. The Hall–Kier alpha value is -1.89. The maximum absolute atomic E-state index is 11.8. The zero-order valence-electron chi connectivity index (χ0n) is 10.7. The van der Waals surface area contributed by atoms with Crippen molar-refractivity contribution in [2.24, 2.45) is 0 Å². The molecule has 0 heterocycles. The molecule has 0 bridgehead atoms. The second-order valence-corrected chi connectivity index (χ2v) is 5.69. The average Bonchev–Trinajstić information content (AvgIpc) is 2.28. The fourth-order valence-corrected chi connectivity index (χ4v) is 2.09. The number of benzene rings is 1. The van der Waals surface area contributed by atoms with Crippen molar-refractivity contribution in [3.05, 3.63) is 29.8 Å². The number of nitrogens with one attached hydrogen (secondary N) is 1. The third-order valence-corrected chi connectivity index (χ3v) is 3.56. The van der Waals surface area contributed by atoms with Crippen LogP contribution in [0, 0.1) is 6.92 Å². The van der Waals surface area contributed by atoms with E-state index in [0.717, 1.165) is 5.56 Å². The molecule has 0 aliphatic rings. The molecule has 0 aliphatic carbocycles. The number of rotatable bonds is 5. The normalized spacial score (nSPS) is 10.8. The minimum absolute atomic E-state index is 0.0263. The fourth-order valence-electron chi connectivity index (χ4n) is 1.20. The molecule has 0 radical (unpaired) electrons. The van der Waals surface area contributed by atoms with Crippen molar-refractivity contribution in [2.45, 2.75) is 25.2 Å². The van der Waals surface area contributed by atoms with E-state index < -0.39 is 16.1 Å². The van der Waals surface area contributed by atoms with E-state index in [1.807, 2.05) is 6.92 Å². The number of carbonyl (C=O) groups excluding carboxylic acids is 2. The van der Waals surface area contributed by atoms with Crippen molar-refractivity contribution in [3.63, 3.8) is 0 Å². The number of Topliss-reactive ketones (excluding diaryl/α,β-unsaturated/α-hetero) is 1. The van der Waals surface area contributed by atoms with Crippen molar-refractivity contribution in [2.75, 3.05) is 6.61 Å². The Balaban J connectivity index is 2.62. The Bertz CT molecular complexity index is 562. The van der Waals surface area contributed by atoms with Gasteiger partial charge in [0.2, 0.25) is 0 Å². The summed E-state index contributed by atoms with van der Waals surface area (Å²) in [6.07, 6.45) is -1.04. The molecule has 0 saturated heterocycles. The van der Waals surface area contributed by atoms with Crippen LogP contribution in [0.2, 0.25) is 0 Å². The first-order valence-corrected chi connectivity index (χ1v) is 7.05. The van der Waals surface area contributed by atoms with E-state index in [4.69, 9.17) is 0 Å².